The number of hydrogen-bond donors (Lipinski definition) is 8. The number of H-pyrrole nitrogens is 2. The SMILES string of the molecule is O=c1[nH]c(=O)c2c([nH]1)n(C[C@@H](O)[C@H](O)[C@H](O)CO)c(=O)n2CCCCCOP(=O)(O)O. The fourth-order valence-electron chi connectivity index (χ4n) is 3.02. The van der Waals surface area contributed by atoms with Crippen molar-refractivity contribution in [2.24, 2.45) is 0 Å². The minimum atomic E-state index is -4.57. The highest BCUT2D eigenvalue weighted by atomic mass is 31.2. The van der Waals surface area contributed by atoms with Crippen LogP contribution in [0.3, 0.4) is 0 Å². The van der Waals surface area contributed by atoms with Crippen LogP contribution in [-0.2, 0) is 22.2 Å². The van der Waals surface area contributed by atoms with E-state index in [2.05, 4.69) is 9.51 Å². The lowest BCUT2D eigenvalue weighted by molar-refractivity contribution is -0.0806. The Bertz CT molecular complexity index is 1100. The molecule has 31 heavy (non-hydrogen) atoms. The van der Waals surface area contributed by atoms with Crippen LogP contribution in [0.5, 0.6) is 0 Å². The fraction of sp³-hybridized carbons (Fsp3) is 0.667. The van der Waals surface area contributed by atoms with Crippen molar-refractivity contribution in [1.82, 2.24) is 19.1 Å². The number of aromatic nitrogens is 4. The Hall–Kier alpha value is -2.10. The van der Waals surface area contributed by atoms with E-state index in [-0.39, 0.29) is 30.7 Å². The van der Waals surface area contributed by atoms with E-state index < -0.39 is 56.2 Å². The van der Waals surface area contributed by atoms with Crippen molar-refractivity contribution in [2.45, 2.75) is 50.7 Å². The first-order valence-corrected chi connectivity index (χ1v) is 10.8. The first kappa shape index (κ1) is 25.2. The van der Waals surface area contributed by atoms with Gasteiger partial charge in [-0.2, -0.15) is 0 Å². The zero-order chi connectivity index (χ0) is 23.3. The van der Waals surface area contributed by atoms with Gasteiger partial charge in [-0.05, 0) is 19.3 Å². The molecule has 0 aliphatic heterocycles. The number of hydrogen-bond acceptors (Lipinski definition) is 9. The lowest BCUT2D eigenvalue weighted by Gasteiger charge is -2.21. The Kier molecular flexibility index (Phi) is 8.50. The maximum atomic E-state index is 12.8. The average Bonchev–Trinajstić information content (AvgIpc) is 2.94. The van der Waals surface area contributed by atoms with E-state index >= 15 is 0 Å². The zero-order valence-corrected chi connectivity index (χ0v) is 17.1. The molecule has 16 heteroatoms. The number of aliphatic hydroxyl groups excluding tert-OH is 4. The predicted molar refractivity (Wildman–Crippen MR) is 104 cm³/mol. The molecule has 0 bridgehead atoms. The number of fused-ring (bicyclic) bond motifs is 1. The van der Waals surface area contributed by atoms with Gasteiger partial charge in [-0.3, -0.25) is 28.4 Å². The third-order valence-corrected chi connectivity index (χ3v) is 5.05. The minimum Gasteiger partial charge on any atom is -0.394 e. The second-order valence-electron chi connectivity index (χ2n) is 6.84. The largest absolute Gasteiger partial charge is 0.469 e. The Morgan fingerprint density at radius 3 is 2.26 bits per heavy atom. The molecule has 0 aliphatic rings. The van der Waals surface area contributed by atoms with Crippen LogP contribution in [0.4, 0.5) is 0 Å². The number of aryl methyl sites for hydroxylation is 1. The van der Waals surface area contributed by atoms with Crippen molar-refractivity contribution >= 4 is 19.0 Å². The molecule has 2 aromatic rings. The molecule has 0 aromatic carbocycles. The molecule has 0 fully saturated rings. The summed E-state index contributed by atoms with van der Waals surface area (Å²) in [5.41, 5.74) is -2.92. The summed E-state index contributed by atoms with van der Waals surface area (Å²) in [5.74, 6) is 0. The van der Waals surface area contributed by atoms with E-state index in [1.54, 1.807) is 0 Å². The van der Waals surface area contributed by atoms with E-state index in [1.165, 1.54) is 0 Å². The summed E-state index contributed by atoms with van der Waals surface area (Å²) in [6.07, 6.45) is -4.18. The fourth-order valence-corrected chi connectivity index (χ4v) is 3.39. The van der Waals surface area contributed by atoms with Crippen LogP contribution in [-0.4, -0.2) is 80.8 Å². The number of aliphatic hydroxyl groups is 4. The van der Waals surface area contributed by atoms with Crippen LogP contribution >= 0.6 is 7.82 Å². The maximum absolute atomic E-state index is 12.8. The van der Waals surface area contributed by atoms with Gasteiger partial charge in [0.15, 0.2) is 5.52 Å². The van der Waals surface area contributed by atoms with Crippen LogP contribution in [0.25, 0.3) is 11.2 Å². The summed E-state index contributed by atoms with van der Waals surface area (Å²) < 4.78 is 16.9. The number of nitrogens with zero attached hydrogens (tertiary/aromatic N) is 2. The highest BCUT2D eigenvalue weighted by Crippen LogP contribution is 2.35. The smallest absolute Gasteiger partial charge is 0.394 e. The van der Waals surface area contributed by atoms with Gasteiger partial charge in [-0.15, -0.1) is 0 Å². The first-order valence-electron chi connectivity index (χ1n) is 9.27. The topological polar surface area (TPSA) is 240 Å². The number of unbranched alkanes of at least 4 members (excludes halogenated alkanes) is 2. The van der Waals surface area contributed by atoms with Crippen molar-refractivity contribution in [3.63, 3.8) is 0 Å². The number of aromatic amines is 2. The number of nitrogens with one attached hydrogen (secondary N) is 2. The summed E-state index contributed by atoms with van der Waals surface area (Å²) >= 11 is 0. The number of rotatable bonds is 12. The Morgan fingerprint density at radius 1 is 0.968 bits per heavy atom. The van der Waals surface area contributed by atoms with E-state index in [0.717, 1.165) is 9.13 Å². The van der Waals surface area contributed by atoms with Gasteiger partial charge < -0.3 is 30.2 Å². The summed E-state index contributed by atoms with van der Waals surface area (Å²) in [6, 6.07) is 0. The normalized spacial score (nSPS) is 15.3. The molecule has 3 atom stereocenters. The molecule has 176 valence electrons. The highest BCUT2D eigenvalue weighted by molar-refractivity contribution is 7.46. The molecule has 0 saturated carbocycles. The van der Waals surface area contributed by atoms with E-state index in [9.17, 15) is 34.3 Å². The molecule has 0 radical (unpaired) electrons. The molecule has 2 aromatic heterocycles. The van der Waals surface area contributed by atoms with Gasteiger partial charge in [0.2, 0.25) is 0 Å². The standard InChI is InChI=1S/C15H25N4O11P/c20-7-9(22)11(23)8(21)6-19-12-10(13(24)17-14(25)16-12)18(15(19)26)4-2-1-3-5-30-31(27,28)29/h8-9,11,20-23H,1-7H2,(H2,27,28,29)(H2,16,17,24,25)/t8-,9-,11+/m1/s1. The molecular weight excluding hydrogens is 443 g/mol. The Labute approximate surface area is 173 Å². The predicted octanol–water partition coefficient (Wildman–Crippen LogP) is -3.47. The van der Waals surface area contributed by atoms with Gasteiger partial charge in [0.25, 0.3) is 5.56 Å². The van der Waals surface area contributed by atoms with Crippen LogP contribution in [0.1, 0.15) is 19.3 Å². The van der Waals surface area contributed by atoms with Crippen LogP contribution in [0, 0.1) is 0 Å². The summed E-state index contributed by atoms with van der Waals surface area (Å²) in [6.45, 7) is -1.62. The van der Waals surface area contributed by atoms with E-state index in [1.807, 2.05) is 4.98 Å². The van der Waals surface area contributed by atoms with Crippen molar-refractivity contribution in [2.75, 3.05) is 13.2 Å². The molecule has 0 spiro atoms. The van der Waals surface area contributed by atoms with Crippen LogP contribution < -0.4 is 16.9 Å². The number of imidazole rings is 1. The molecule has 8 N–H and O–H groups in total. The maximum Gasteiger partial charge on any atom is 0.469 e. The second kappa shape index (κ2) is 10.5. The van der Waals surface area contributed by atoms with Gasteiger partial charge in [0.1, 0.15) is 24.0 Å². The Morgan fingerprint density at radius 2 is 1.65 bits per heavy atom. The molecule has 0 saturated heterocycles. The molecule has 15 nitrogen and oxygen atoms in total. The van der Waals surface area contributed by atoms with Gasteiger partial charge in [-0.25, -0.2) is 14.2 Å². The average molecular weight is 468 g/mol. The Balaban J connectivity index is 2.26. The van der Waals surface area contributed by atoms with Crippen molar-refractivity contribution < 1.29 is 39.3 Å². The molecule has 0 unspecified atom stereocenters. The van der Waals surface area contributed by atoms with Gasteiger partial charge in [0.05, 0.1) is 19.8 Å². The monoisotopic (exact) mass is 468 g/mol. The van der Waals surface area contributed by atoms with Crippen molar-refractivity contribution in [3.8, 4) is 0 Å². The number of phosphoric acid groups is 1. The second-order valence-corrected chi connectivity index (χ2v) is 8.08. The summed E-state index contributed by atoms with van der Waals surface area (Å²) in [4.78, 5) is 58.3. The first-order chi connectivity index (χ1) is 14.5. The van der Waals surface area contributed by atoms with Crippen LogP contribution in [0.15, 0.2) is 14.4 Å². The third-order valence-electron chi connectivity index (χ3n) is 4.53. The van der Waals surface area contributed by atoms with Gasteiger partial charge >= 0.3 is 19.2 Å². The van der Waals surface area contributed by atoms with Crippen molar-refractivity contribution in [3.05, 3.63) is 31.3 Å². The van der Waals surface area contributed by atoms with E-state index in [0.29, 0.717) is 12.8 Å². The molecule has 2 rings (SSSR count). The van der Waals surface area contributed by atoms with Gasteiger partial charge in [-0.1, -0.05) is 0 Å². The molecular formula is C15H25N4O11P. The molecule has 0 amide bonds. The van der Waals surface area contributed by atoms with Gasteiger partial charge in [0, 0.05) is 6.54 Å². The lowest BCUT2D eigenvalue weighted by atomic mass is 10.1. The third kappa shape index (κ3) is 6.44. The lowest BCUT2D eigenvalue weighted by Crippen LogP contribution is -2.43. The van der Waals surface area contributed by atoms with Crippen molar-refractivity contribution in [1.29, 1.82) is 0 Å². The van der Waals surface area contributed by atoms with E-state index in [4.69, 9.17) is 14.9 Å². The number of phosphoric ester groups is 1. The minimum absolute atomic E-state index is 0.00524. The molecule has 2 heterocycles. The molecule has 0 aliphatic carbocycles. The highest BCUT2D eigenvalue weighted by Gasteiger charge is 2.27. The summed E-state index contributed by atoms with van der Waals surface area (Å²) in [5, 5.41) is 38.3. The quantitative estimate of drug-likeness (QED) is 0.112. The zero-order valence-electron chi connectivity index (χ0n) is 16.2. The van der Waals surface area contributed by atoms with Crippen LogP contribution in [0.2, 0.25) is 0 Å². The summed E-state index contributed by atoms with van der Waals surface area (Å²) in [7, 11) is -4.57.